The molecule has 4 N–H and O–H groups in total. The molecule has 0 atom stereocenters. The van der Waals surface area contributed by atoms with Gasteiger partial charge in [-0.05, 0) is 80.6 Å². The van der Waals surface area contributed by atoms with Crippen LogP contribution in [0, 0.1) is 20.8 Å². The highest BCUT2D eigenvalue weighted by Gasteiger charge is 2.17. The number of azo groups is 2. The van der Waals surface area contributed by atoms with Crippen molar-refractivity contribution in [2.45, 2.75) is 38.5 Å². The fourth-order valence-electron chi connectivity index (χ4n) is 3.59. The SMILES string of the molecule is COc1ccc(N=Nc2cc(OCCCCS(=O)(=O)O)c(N=Nc3cc(C)c(N)cc3C)cc2C)c(S(=O)(=O)O)c1. The number of nitrogens with zero attached hydrogens (tertiary/aromatic N) is 4. The van der Waals surface area contributed by atoms with E-state index in [4.69, 9.17) is 19.8 Å². The molecule has 0 aromatic heterocycles. The molecule has 13 nitrogen and oxygen atoms in total. The number of nitrogens with two attached hydrogens (primary N) is 1. The molecule has 0 aliphatic carbocycles. The largest absolute Gasteiger partial charge is 0.497 e. The van der Waals surface area contributed by atoms with Crippen LogP contribution in [-0.2, 0) is 20.2 Å². The second kappa shape index (κ2) is 13.2. The minimum atomic E-state index is -4.62. The molecule has 3 rings (SSSR count). The number of ether oxygens (including phenoxy) is 2. The molecule has 0 saturated heterocycles. The molecular weight excluding hydrogens is 574 g/mol. The molecule has 0 spiro atoms. The van der Waals surface area contributed by atoms with Gasteiger partial charge in [0.15, 0.2) is 0 Å². The molecule has 15 heteroatoms. The molecule has 0 saturated carbocycles. The van der Waals surface area contributed by atoms with Gasteiger partial charge in [-0.1, -0.05) is 0 Å². The van der Waals surface area contributed by atoms with Crippen LogP contribution in [0.2, 0.25) is 0 Å². The molecule has 0 fully saturated rings. The Balaban J connectivity index is 1.98. The lowest BCUT2D eigenvalue weighted by molar-refractivity contribution is 0.310. The molecule has 41 heavy (non-hydrogen) atoms. The topological polar surface area (TPSA) is 203 Å². The smallest absolute Gasteiger partial charge is 0.296 e. The minimum absolute atomic E-state index is 0.100. The Morgan fingerprint density at radius 1 is 0.756 bits per heavy atom. The van der Waals surface area contributed by atoms with E-state index in [0.29, 0.717) is 34.7 Å². The van der Waals surface area contributed by atoms with Crippen molar-refractivity contribution in [1.29, 1.82) is 0 Å². The lowest BCUT2D eigenvalue weighted by atomic mass is 10.1. The first-order chi connectivity index (χ1) is 19.2. The van der Waals surface area contributed by atoms with Crippen molar-refractivity contribution in [1.82, 2.24) is 0 Å². The molecule has 3 aromatic carbocycles. The Bertz CT molecular complexity index is 1710. The summed E-state index contributed by atoms with van der Waals surface area (Å²) >= 11 is 0. The number of benzene rings is 3. The maximum atomic E-state index is 11.9. The predicted octanol–water partition coefficient (Wildman–Crippen LogP) is 6.33. The average molecular weight is 606 g/mol. The molecule has 0 aliphatic rings. The van der Waals surface area contributed by atoms with E-state index in [1.54, 1.807) is 25.1 Å². The molecule has 0 amide bonds. The number of nitrogen functional groups attached to an aromatic ring is 1. The van der Waals surface area contributed by atoms with E-state index >= 15 is 0 Å². The lowest BCUT2D eigenvalue weighted by Gasteiger charge is -2.11. The van der Waals surface area contributed by atoms with Crippen molar-refractivity contribution in [3.05, 3.63) is 59.2 Å². The molecule has 0 aliphatic heterocycles. The van der Waals surface area contributed by atoms with Gasteiger partial charge >= 0.3 is 0 Å². The molecule has 0 bridgehead atoms. The van der Waals surface area contributed by atoms with E-state index in [9.17, 15) is 21.4 Å². The van der Waals surface area contributed by atoms with Gasteiger partial charge in [-0.2, -0.15) is 27.1 Å². The zero-order valence-electron chi connectivity index (χ0n) is 22.9. The van der Waals surface area contributed by atoms with E-state index < -0.39 is 30.9 Å². The first-order valence-corrected chi connectivity index (χ1v) is 15.3. The van der Waals surface area contributed by atoms with E-state index in [0.717, 1.165) is 17.2 Å². The van der Waals surface area contributed by atoms with Crippen molar-refractivity contribution >= 4 is 48.7 Å². The monoisotopic (exact) mass is 605 g/mol. The summed E-state index contributed by atoms with van der Waals surface area (Å²) in [6.45, 7) is 5.54. The zero-order valence-corrected chi connectivity index (χ0v) is 24.5. The highest BCUT2D eigenvalue weighted by atomic mass is 32.2. The van der Waals surface area contributed by atoms with Gasteiger partial charge < -0.3 is 15.2 Å². The summed E-state index contributed by atoms with van der Waals surface area (Å²) in [6, 6.07) is 10.7. The summed E-state index contributed by atoms with van der Waals surface area (Å²) < 4.78 is 75.2. The fourth-order valence-corrected chi connectivity index (χ4v) is 4.80. The van der Waals surface area contributed by atoms with Crippen molar-refractivity contribution < 1.29 is 35.4 Å². The molecule has 220 valence electrons. The standard InChI is InChI=1S/C26H31N5O8S2/c1-16-12-22(17(2)11-20(16)27)29-31-24-13-18(3)23(15-25(24)39-9-5-6-10-40(32,33)34)30-28-21-8-7-19(38-4)14-26(21)41(35,36)37/h7-8,11-15H,5-6,9-10,27H2,1-4H3,(H,32,33,34)(H,35,36,37). The number of hydrogen-bond donors (Lipinski definition) is 3. The van der Waals surface area contributed by atoms with Crippen LogP contribution in [0.1, 0.15) is 29.5 Å². The van der Waals surface area contributed by atoms with Crippen molar-refractivity contribution in [3.63, 3.8) is 0 Å². The Morgan fingerprint density at radius 2 is 1.34 bits per heavy atom. The molecule has 0 radical (unpaired) electrons. The van der Waals surface area contributed by atoms with E-state index in [-0.39, 0.29) is 30.2 Å². The number of anilines is 1. The van der Waals surface area contributed by atoms with Gasteiger partial charge in [0.1, 0.15) is 27.8 Å². The van der Waals surface area contributed by atoms with Gasteiger partial charge in [-0.25, -0.2) is 0 Å². The maximum absolute atomic E-state index is 11.9. The van der Waals surface area contributed by atoms with Crippen LogP contribution in [0.3, 0.4) is 0 Å². The summed E-state index contributed by atoms with van der Waals surface area (Å²) in [4.78, 5) is -0.479. The highest BCUT2D eigenvalue weighted by molar-refractivity contribution is 7.86. The van der Waals surface area contributed by atoms with Crippen LogP contribution in [0.25, 0.3) is 0 Å². The van der Waals surface area contributed by atoms with Crippen molar-refractivity contribution in [3.8, 4) is 11.5 Å². The van der Waals surface area contributed by atoms with Crippen LogP contribution < -0.4 is 15.2 Å². The Kier molecular flexibility index (Phi) is 10.1. The van der Waals surface area contributed by atoms with Crippen LogP contribution in [-0.4, -0.2) is 45.4 Å². The second-order valence-corrected chi connectivity index (χ2v) is 12.1. The van der Waals surface area contributed by atoms with Crippen LogP contribution in [0.15, 0.2) is 67.8 Å². The number of methoxy groups -OCH3 is 1. The lowest BCUT2D eigenvalue weighted by Crippen LogP contribution is -2.06. The second-order valence-electron chi connectivity index (χ2n) is 9.15. The van der Waals surface area contributed by atoms with Crippen molar-refractivity contribution in [2.24, 2.45) is 20.5 Å². The summed E-state index contributed by atoms with van der Waals surface area (Å²) in [5, 5.41) is 16.9. The molecule has 0 heterocycles. The van der Waals surface area contributed by atoms with Gasteiger partial charge in [0.25, 0.3) is 20.2 Å². The van der Waals surface area contributed by atoms with Crippen molar-refractivity contribution in [2.75, 3.05) is 25.2 Å². The molecular formula is C26H31N5O8S2. The van der Waals surface area contributed by atoms with Crippen LogP contribution in [0.4, 0.5) is 28.4 Å². The van der Waals surface area contributed by atoms with Crippen LogP contribution in [0.5, 0.6) is 11.5 Å². The van der Waals surface area contributed by atoms with Gasteiger partial charge in [0, 0.05) is 17.8 Å². The summed E-state index contributed by atoms with van der Waals surface area (Å²) in [6.07, 6.45) is 0.495. The predicted molar refractivity (Wildman–Crippen MR) is 154 cm³/mol. The van der Waals surface area contributed by atoms with Gasteiger partial charge in [-0.15, -0.1) is 10.2 Å². The Morgan fingerprint density at radius 3 is 1.98 bits per heavy atom. The first kappa shape index (κ1) is 31.6. The number of rotatable bonds is 12. The van der Waals surface area contributed by atoms with Gasteiger partial charge in [-0.3, -0.25) is 9.11 Å². The minimum Gasteiger partial charge on any atom is -0.497 e. The Labute approximate surface area is 238 Å². The maximum Gasteiger partial charge on any atom is 0.296 e. The van der Waals surface area contributed by atoms with E-state index in [1.807, 2.05) is 13.8 Å². The highest BCUT2D eigenvalue weighted by Crippen LogP contribution is 2.38. The molecule has 0 unspecified atom stereocenters. The van der Waals surface area contributed by atoms with Gasteiger partial charge in [0.05, 0.1) is 30.8 Å². The number of unbranched alkanes of at least 4 members (excludes halogenated alkanes) is 1. The first-order valence-electron chi connectivity index (χ1n) is 12.3. The number of hydrogen-bond acceptors (Lipinski definition) is 11. The summed E-state index contributed by atoms with van der Waals surface area (Å²) in [5.41, 5.74) is 10.0. The summed E-state index contributed by atoms with van der Waals surface area (Å²) in [7, 11) is -7.35. The summed E-state index contributed by atoms with van der Waals surface area (Å²) in [5.74, 6) is 0.0673. The average Bonchev–Trinajstić information content (AvgIpc) is 2.88. The normalized spacial score (nSPS) is 12.3. The number of aryl methyl sites for hydroxylation is 3. The third kappa shape index (κ3) is 9.04. The van der Waals surface area contributed by atoms with Gasteiger partial charge in [0.2, 0.25) is 0 Å². The van der Waals surface area contributed by atoms with E-state index in [2.05, 4.69) is 20.5 Å². The van der Waals surface area contributed by atoms with Crippen LogP contribution >= 0.6 is 0 Å². The van der Waals surface area contributed by atoms with E-state index in [1.165, 1.54) is 25.3 Å². The Hall–Kier alpha value is -3.92. The molecule has 3 aromatic rings. The zero-order chi connectivity index (χ0) is 30.4. The fraction of sp³-hybridized carbons (Fsp3) is 0.308. The quantitative estimate of drug-likeness (QED) is 0.0912. The third-order valence-electron chi connectivity index (χ3n) is 5.89. The third-order valence-corrected chi connectivity index (χ3v) is 7.58.